The van der Waals surface area contributed by atoms with Crippen LogP contribution in [-0.2, 0) is 22.7 Å². The summed E-state index contributed by atoms with van der Waals surface area (Å²) in [6.07, 6.45) is -5.23. The fourth-order valence-corrected chi connectivity index (χ4v) is 7.85. The first-order chi connectivity index (χ1) is 17.5. The molecule has 206 valence electrons. The largest absolute Gasteiger partial charge is 0.417 e. The summed E-state index contributed by atoms with van der Waals surface area (Å²) in [5.41, 5.74) is -1.99. The second-order valence-electron chi connectivity index (χ2n) is 11.8. The molecule has 1 atom stereocenters. The van der Waals surface area contributed by atoms with E-state index in [0.717, 1.165) is 18.2 Å². The molecule has 0 amide bonds. The van der Waals surface area contributed by atoms with Gasteiger partial charge in [-0.15, -0.1) is 0 Å². The Kier molecular flexibility index (Phi) is 6.22. The molecule has 1 unspecified atom stereocenters. The third-order valence-corrected chi connectivity index (χ3v) is 9.79. The molecule has 0 radical (unpaired) electrons. The molecule has 3 fully saturated rings. The first-order valence-electron chi connectivity index (χ1n) is 12.3. The molecule has 0 saturated heterocycles. The van der Waals surface area contributed by atoms with E-state index in [2.05, 4.69) is 4.72 Å². The highest BCUT2D eigenvalue weighted by molar-refractivity contribution is 7.91. The van der Waals surface area contributed by atoms with Crippen molar-refractivity contribution in [2.45, 2.75) is 70.0 Å². The monoisotopic (exact) mass is 558 g/mol. The van der Waals surface area contributed by atoms with Crippen LogP contribution < -0.4 is 4.72 Å². The van der Waals surface area contributed by atoms with Crippen molar-refractivity contribution < 1.29 is 34.8 Å². The van der Waals surface area contributed by atoms with Crippen LogP contribution in [-0.4, -0.2) is 24.2 Å². The molecule has 3 aromatic rings. The number of sulfonamides is 1. The molecular weight excluding hydrogens is 530 g/mol. The zero-order chi connectivity index (χ0) is 27.8. The van der Waals surface area contributed by atoms with Gasteiger partial charge in [0.2, 0.25) is 10.0 Å². The highest BCUT2D eigenvalue weighted by Crippen LogP contribution is 2.61. The fourth-order valence-electron chi connectivity index (χ4n) is 5.67. The molecule has 1 heterocycles. The van der Waals surface area contributed by atoms with Gasteiger partial charge in [-0.1, -0.05) is 39.0 Å². The van der Waals surface area contributed by atoms with Crippen molar-refractivity contribution in [3.63, 3.8) is 0 Å². The van der Waals surface area contributed by atoms with Crippen molar-refractivity contribution in [3.05, 3.63) is 59.5 Å². The minimum Gasteiger partial charge on any atom is -0.347 e. The maximum Gasteiger partial charge on any atom is 0.417 e. The maximum atomic E-state index is 15.5. The van der Waals surface area contributed by atoms with E-state index >= 15 is 4.39 Å². The predicted octanol–water partition coefficient (Wildman–Crippen LogP) is 7.29. The van der Waals surface area contributed by atoms with Crippen LogP contribution in [0.1, 0.15) is 57.2 Å². The SMILES string of the molecule is CC(C)(C)Cn1cc(C(NS(=O)(=O)C23CC(C2)C3)C(F)F)c2cc(F)c(-c3ccccc3C(F)(F)F)cc21. The molecule has 38 heavy (non-hydrogen) atoms. The summed E-state index contributed by atoms with van der Waals surface area (Å²) in [6.45, 7) is 5.93. The summed E-state index contributed by atoms with van der Waals surface area (Å²) >= 11 is 0. The molecule has 3 aliphatic rings. The Morgan fingerprint density at radius 3 is 2.21 bits per heavy atom. The number of nitrogens with one attached hydrogen (secondary N) is 1. The van der Waals surface area contributed by atoms with E-state index in [1.807, 2.05) is 20.8 Å². The van der Waals surface area contributed by atoms with Gasteiger partial charge < -0.3 is 4.57 Å². The number of alkyl halides is 5. The van der Waals surface area contributed by atoms with Gasteiger partial charge in [-0.25, -0.2) is 26.3 Å². The zero-order valence-corrected chi connectivity index (χ0v) is 21.9. The minimum absolute atomic E-state index is 0.0191. The van der Waals surface area contributed by atoms with E-state index in [1.54, 1.807) is 4.57 Å². The van der Waals surface area contributed by atoms with E-state index in [1.165, 1.54) is 24.4 Å². The van der Waals surface area contributed by atoms with Gasteiger partial charge in [0.25, 0.3) is 6.43 Å². The Morgan fingerprint density at radius 2 is 1.68 bits per heavy atom. The lowest BCUT2D eigenvalue weighted by molar-refractivity contribution is -0.137. The van der Waals surface area contributed by atoms with Crippen LogP contribution in [0.25, 0.3) is 22.0 Å². The third kappa shape index (κ3) is 4.51. The van der Waals surface area contributed by atoms with Crippen molar-refractivity contribution in [2.75, 3.05) is 0 Å². The number of benzene rings is 2. The Hall–Kier alpha value is -2.53. The number of aromatic nitrogens is 1. The smallest absolute Gasteiger partial charge is 0.347 e. The van der Waals surface area contributed by atoms with Gasteiger partial charge in [-0.3, -0.25) is 0 Å². The minimum atomic E-state index is -4.74. The Labute approximate surface area is 217 Å². The molecule has 11 heteroatoms. The normalized spacial score (nSPS) is 22.4. The zero-order valence-electron chi connectivity index (χ0n) is 21.0. The fraction of sp³-hybridized carbons (Fsp3) is 0.481. The van der Waals surface area contributed by atoms with Crippen LogP contribution >= 0.6 is 0 Å². The lowest BCUT2D eigenvalue weighted by atomic mass is 9.55. The van der Waals surface area contributed by atoms with Crippen LogP contribution in [0.3, 0.4) is 0 Å². The number of rotatable bonds is 7. The van der Waals surface area contributed by atoms with Crippen molar-refractivity contribution in [2.24, 2.45) is 11.3 Å². The third-order valence-electron chi connectivity index (χ3n) is 7.59. The first kappa shape index (κ1) is 27.1. The van der Waals surface area contributed by atoms with Crippen molar-refractivity contribution in [3.8, 4) is 11.1 Å². The van der Waals surface area contributed by atoms with Crippen LogP contribution in [0, 0.1) is 17.2 Å². The lowest BCUT2D eigenvalue weighted by Crippen LogP contribution is -2.66. The Morgan fingerprint density at radius 1 is 1.05 bits per heavy atom. The number of fused-ring (bicyclic) bond motifs is 1. The summed E-state index contributed by atoms with van der Waals surface area (Å²) in [5.74, 6) is -0.725. The number of nitrogens with zero attached hydrogens (tertiary/aromatic N) is 1. The average Bonchev–Trinajstić information content (AvgIpc) is 3.03. The summed E-state index contributed by atoms with van der Waals surface area (Å²) in [4.78, 5) is 0. The van der Waals surface area contributed by atoms with E-state index in [9.17, 15) is 30.4 Å². The van der Waals surface area contributed by atoms with Crippen LogP contribution in [0.2, 0.25) is 0 Å². The van der Waals surface area contributed by atoms with Gasteiger partial charge >= 0.3 is 6.18 Å². The molecule has 2 bridgehead atoms. The standard InChI is InChI=1S/C27H28F6N2O2S/c1-25(2,3)14-35-13-19(23(24(29)30)34-38(36,37)26-10-15(11-26)12-26)18-8-21(28)17(9-22(18)35)16-6-4-5-7-20(16)27(31,32)33/h4-9,13,15,23-24,34H,10-12,14H2,1-3H3. The number of hydrogen-bond donors (Lipinski definition) is 1. The molecule has 1 aromatic heterocycles. The van der Waals surface area contributed by atoms with E-state index in [0.29, 0.717) is 25.2 Å². The van der Waals surface area contributed by atoms with Crippen LogP contribution in [0.5, 0.6) is 0 Å². The van der Waals surface area contributed by atoms with Gasteiger partial charge in [0.05, 0.1) is 10.3 Å². The highest BCUT2D eigenvalue weighted by Gasteiger charge is 2.65. The first-order valence-corrected chi connectivity index (χ1v) is 13.8. The molecular formula is C27H28F6N2O2S. The number of hydrogen-bond acceptors (Lipinski definition) is 2. The van der Waals surface area contributed by atoms with Gasteiger partial charge in [0.15, 0.2) is 0 Å². The molecule has 3 saturated carbocycles. The van der Waals surface area contributed by atoms with Crippen LogP contribution in [0.15, 0.2) is 42.6 Å². The van der Waals surface area contributed by atoms with Crippen LogP contribution in [0.4, 0.5) is 26.3 Å². The van der Waals surface area contributed by atoms with Crippen molar-refractivity contribution >= 4 is 20.9 Å². The Balaban J connectivity index is 1.67. The molecule has 4 nitrogen and oxygen atoms in total. The average molecular weight is 559 g/mol. The second-order valence-corrected chi connectivity index (χ2v) is 13.9. The van der Waals surface area contributed by atoms with E-state index in [4.69, 9.17) is 0 Å². The summed E-state index contributed by atoms with van der Waals surface area (Å²) in [5, 5.41) is 0.0191. The molecule has 3 aliphatic carbocycles. The second kappa shape index (κ2) is 8.74. The van der Waals surface area contributed by atoms with Crippen molar-refractivity contribution in [1.29, 1.82) is 0 Å². The van der Waals surface area contributed by atoms with Gasteiger partial charge in [0, 0.05) is 34.8 Å². The van der Waals surface area contributed by atoms with Crippen molar-refractivity contribution in [1.82, 2.24) is 9.29 Å². The summed E-state index contributed by atoms with van der Waals surface area (Å²) in [7, 11) is -4.09. The number of halogens is 6. The van der Waals surface area contributed by atoms with Gasteiger partial charge in [-0.05, 0) is 54.4 Å². The summed E-state index contributed by atoms with van der Waals surface area (Å²) in [6, 6.07) is 4.79. The highest BCUT2D eigenvalue weighted by atomic mass is 32.2. The summed E-state index contributed by atoms with van der Waals surface area (Å²) < 4.78 is 114. The molecule has 2 aromatic carbocycles. The quantitative estimate of drug-likeness (QED) is 0.310. The maximum absolute atomic E-state index is 15.5. The van der Waals surface area contributed by atoms with Gasteiger partial charge in [0.1, 0.15) is 11.9 Å². The van der Waals surface area contributed by atoms with E-state index < -0.39 is 44.8 Å². The molecule has 6 rings (SSSR count). The topological polar surface area (TPSA) is 51.1 Å². The van der Waals surface area contributed by atoms with E-state index in [-0.39, 0.29) is 39.6 Å². The molecule has 0 spiro atoms. The Bertz CT molecular complexity index is 1490. The lowest BCUT2D eigenvalue weighted by Gasteiger charge is -2.60. The molecule has 0 aliphatic heterocycles. The predicted molar refractivity (Wildman–Crippen MR) is 133 cm³/mol. The molecule has 1 N–H and O–H groups in total. The van der Waals surface area contributed by atoms with Gasteiger partial charge in [-0.2, -0.15) is 13.2 Å².